The molecule has 0 aliphatic carbocycles. The van der Waals surface area contributed by atoms with Gasteiger partial charge in [0.1, 0.15) is 11.9 Å². The third-order valence-corrected chi connectivity index (χ3v) is 5.80. The van der Waals surface area contributed by atoms with E-state index in [4.69, 9.17) is 16.2 Å². The first-order valence-corrected chi connectivity index (χ1v) is 9.68. The van der Waals surface area contributed by atoms with E-state index in [1.54, 1.807) is 11.8 Å². The largest absolute Gasteiger partial charge is 0.489 e. The molecule has 0 aromatic heterocycles. The fourth-order valence-electron chi connectivity index (χ4n) is 3.12. The number of rotatable bonds is 6. The second kappa shape index (κ2) is 8.02. The Bertz CT molecular complexity index is 716. The summed E-state index contributed by atoms with van der Waals surface area (Å²) >= 11 is 1.66. The standard InChI is InChI=1S/C20H27N3OS/c1-14(23-10-3-4-11-23)15(2)24-16-6-5-7-17(12-16)25-18-8-9-19(21)20(22)13-18/h5-9,12-15H,3-4,10-11,21-22H2,1-2H3. The van der Waals surface area contributed by atoms with Crippen molar-refractivity contribution in [1.82, 2.24) is 4.90 Å². The van der Waals surface area contributed by atoms with Gasteiger partial charge in [-0.1, -0.05) is 17.8 Å². The van der Waals surface area contributed by atoms with E-state index in [1.165, 1.54) is 25.9 Å². The van der Waals surface area contributed by atoms with Crippen LogP contribution in [0.25, 0.3) is 0 Å². The van der Waals surface area contributed by atoms with Gasteiger partial charge in [0.05, 0.1) is 11.4 Å². The molecule has 25 heavy (non-hydrogen) atoms. The van der Waals surface area contributed by atoms with E-state index in [0.717, 1.165) is 15.5 Å². The monoisotopic (exact) mass is 357 g/mol. The molecule has 0 amide bonds. The summed E-state index contributed by atoms with van der Waals surface area (Å²) in [5, 5.41) is 0. The highest BCUT2D eigenvalue weighted by Gasteiger charge is 2.24. The van der Waals surface area contributed by atoms with Crippen molar-refractivity contribution in [3.05, 3.63) is 42.5 Å². The Labute approximate surface area is 154 Å². The van der Waals surface area contributed by atoms with E-state index in [2.05, 4.69) is 30.9 Å². The highest BCUT2D eigenvalue weighted by Crippen LogP contribution is 2.33. The predicted molar refractivity (Wildman–Crippen MR) is 106 cm³/mol. The molecule has 2 aromatic carbocycles. The smallest absolute Gasteiger partial charge is 0.120 e. The second-order valence-corrected chi connectivity index (χ2v) is 7.82. The van der Waals surface area contributed by atoms with E-state index in [1.807, 2.05) is 30.3 Å². The average molecular weight is 358 g/mol. The fourth-order valence-corrected chi connectivity index (χ4v) is 4.04. The molecule has 1 aliphatic heterocycles. The van der Waals surface area contributed by atoms with Gasteiger partial charge in [-0.15, -0.1) is 0 Å². The first-order chi connectivity index (χ1) is 12.0. The molecule has 0 bridgehead atoms. The van der Waals surface area contributed by atoms with Crippen molar-refractivity contribution in [2.24, 2.45) is 0 Å². The molecule has 134 valence electrons. The predicted octanol–water partition coefficient (Wildman–Crippen LogP) is 4.25. The molecule has 0 radical (unpaired) electrons. The molecular weight excluding hydrogens is 330 g/mol. The highest BCUT2D eigenvalue weighted by molar-refractivity contribution is 7.99. The Morgan fingerprint density at radius 1 is 0.960 bits per heavy atom. The summed E-state index contributed by atoms with van der Waals surface area (Å²) in [6, 6.07) is 14.4. The van der Waals surface area contributed by atoms with Crippen LogP contribution in [0.2, 0.25) is 0 Å². The van der Waals surface area contributed by atoms with Gasteiger partial charge in [-0.2, -0.15) is 0 Å². The van der Waals surface area contributed by atoms with Gasteiger partial charge in [0, 0.05) is 15.8 Å². The quantitative estimate of drug-likeness (QED) is 0.757. The molecule has 4 nitrogen and oxygen atoms in total. The zero-order valence-corrected chi connectivity index (χ0v) is 15.8. The molecule has 1 fully saturated rings. The van der Waals surface area contributed by atoms with Crippen LogP contribution in [0, 0.1) is 0 Å². The molecule has 1 aliphatic rings. The van der Waals surface area contributed by atoms with Crippen molar-refractivity contribution in [3.8, 4) is 5.75 Å². The maximum absolute atomic E-state index is 6.21. The molecule has 1 saturated heterocycles. The molecule has 1 heterocycles. The third-order valence-electron chi connectivity index (χ3n) is 4.82. The van der Waals surface area contributed by atoms with E-state index < -0.39 is 0 Å². The average Bonchev–Trinajstić information content (AvgIpc) is 3.12. The summed E-state index contributed by atoms with van der Waals surface area (Å²) in [6.07, 6.45) is 2.76. The first-order valence-electron chi connectivity index (χ1n) is 8.86. The van der Waals surface area contributed by atoms with Crippen LogP contribution >= 0.6 is 11.8 Å². The van der Waals surface area contributed by atoms with Gasteiger partial charge in [-0.05, 0) is 76.2 Å². The van der Waals surface area contributed by atoms with Crippen LogP contribution in [0.4, 0.5) is 11.4 Å². The zero-order chi connectivity index (χ0) is 17.8. The van der Waals surface area contributed by atoms with Gasteiger partial charge >= 0.3 is 0 Å². The number of hydrogen-bond donors (Lipinski definition) is 2. The Kier molecular flexibility index (Phi) is 5.76. The van der Waals surface area contributed by atoms with Crippen molar-refractivity contribution >= 4 is 23.1 Å². The number of nitrogens with two attached hydrogens (primary N) is 2. The fraction of sp³-hybridized carbons (Fsp3) is 0.400. The lowest BCUT2D eigenvalue weighted by molar-refractivity contribution is 0.104. The normalized spacial score (nSPS) is 17.4. The lowest BCUT2D eigenvalue weighted by atomic mass is 10.2. The number of ether oxygens (including phenoxy) is 1. The number of benzene rings is 2. The Morgan fingerprint density at radius 3 is 2.40 bits per heavy atom. The molecule has 3 rings (SSSR count). The van der Waals surface area contributed by atoms with Gasteiger partial charge in [0.15, 0.2) is 0 Å². The van der Waals surface area contributed by atoms with E-state index >= 15 is 0 Å². The van der Waals surface area contributed by atoms with E-state index in [0.29, 0.717) is 17.4 Å². The Balaban J connectivity index is 1.65. The van der Waals surface area contributed by atoms with Crippen molar-refractivity contribution in [1.29, 1.82) is 0 Å². The summed E-state index contributed by atoms with van der Waals surface area (Å²) in [5.74, 6) is 0.909. The summed E-state index contributed by atoms with van der Waals surface area (Å²) in [4.78, 5) is 4.71. The van der Waals surface area contributed by atoms with E-state index in [9.17, 15) is 0 Å². The van der Waals surface area contributed by atoms with Gasteiger partial charge in [-0.25, -0.2) is 0 Å². The molecule has 2 atom stereocenters. The molecule has 0 saturated carbocycles. The third kappa shape index (κ3) is 4.61. The number of nitrogens with zero attached hydrogens (tertiary/aromatic N) is 1. The van der Waals surface area contributed by atoms with Crippen molar-refractivity contribution in [2.45, 2.75) is 48.6 Å². The van der Waals surface area contributed by atoms with Gasteiger partial charge in [0.2, 0.25) is 0 Å². The lowest BCUT2D eigenvalue weighted by Gasteiger charge is -2.29. The summed E-state index contributed by atoms with van der Waals surface area (Å²) in [5.41, 5.74) is 12.9. The summed E-state index contributed by atoms with van der Waals surface area (Å²) in [7, 11) is 0. The van der Waals surface area contributed by atoms with Crippen molar-refractivity contribution < 1.29 is 4.74 Å². The molecule has 5 heteroatoms. The highest BCUT2D eigenvalue weighted by atomic mass is 32.2. The molecule has 0 spiro atoms. The van der Waals surface area contributed by atoms with Crippen LogP contribution in [0.1, 0.15) is 26.7 Å². The number of anilines is 2. The van der Waals surface area contributed by atoms with Crippen LogP contribution in [0.5, 0.6) is 5.75 Å². The molecular formula is C20H27N3OS. The van der Waals surface area contributed by atoms with Gasteiger partial charge in [-0.3, -0.25) is 4.90 Å². The van der Waals surface area contributed by atoms with Crippen molar-refractivity contribution in [3.63, 3.8) is 0 Å². The summed E-state index contributed by atoms with van der Waals surface area (Å²) in [6.45, 7) is 6.78. The van der Waals surface area contributed by atoms with E-state index in [-0.39, 0.29) is 6.10 Å². The number of hydrogen-bond acceptors (Lipinski definition) is 5. The van der Waals surface area contributed by atoms with Crippen LogP contribution in [-0.2, 0) is 0 Å². The minimum atomic E-state index is 0.158. The van der Waals surface area contributed by atoms with Crippen LogP contribution in [0.3, 0.4) is 0 Å². The van der Waals surface area contributed by atoms with Gasteiger partial charge < -0.3 is 16.2 Å². The molecule has 4 N–H and O–H groups in total. The number of likely N-dealkylation sites (tertiary alicyclic amines) is 1. The number of nitrogen functional groups attached to an aromatic ring is 2. The van der Waals surface area contributed by atoms with Crippen LogP contribution < -0.4 is 16.2 Å². The summed E-state index contributed by atoms with van der Waals surface area (Å²) < 4.78 is 6.21. The molecule has 2 unspecified atom stereocenters. The lowest BCUT2D eigenvalue weighted by Crippen LogP contribution is -2.41. The Morgan fingerprint density at radius 2 is 1.68 bits per heavy atom. The Hall–Kier alpha value is -1.85. The maximum atomic E-state index is 6.21. The molecule has 2 aromatic rings. The van der Waals surface area contributed by atoms with Gasteiger partial charge in [0.25, 0.3) is 0 Å². The van der Waals surface area contributed by atoms with Crippen LogP contribution in [-0.4, -0.2) is 30.1 Å². The minimum Gasteiger partial charge on any atom is -0.489 e. The SMILES string of the molecule is CC(Oc1cccc(Sc2ccc(N)c(N)c2)c1)C(C)N1CCCC1. The second-order valence-electron chi connectivity index (χ2n) is 6.67. The maximum Gasteiger partial charge on any atom is 0.120 e. The zero-order valence-electron chi connectivity index (χ0n) is 14.9. The minimum absolute atomic E-state index is 0.158. The first kappa shape index (κ1) is 18.0. The topological polar surface area (TPSA) is 64.5 Å². The van der Waals surface area contributed by atoms with Crippen LogP contribution in [0.15, 0.2) is 52.3 Å². The van der Waals surface area contributed by atoms with Crippen molar-refractivity contribution in [2.75, 3.05) is 24.6 Å².